The van der Waals surface area contributed by atoms with Crippen LogP contribution in [0.15, 0.2) is 30.6 Å². The number of rotatable bonds is 5. The Bertz CT molecular complexity index is 742. The average molecular weight is 368 g/mol. The first-order valence-corrected chi connectivity index (χ1v) is 10.00. The third-order valence-corrected chi connectivity index (χ3v) is 6.02. The fraction of sp³-hybridized carbons (Fsp3) is 0.600. The summed E-state index contributed by atoms with van der Waals surface area (Å²) in [7, 11) is 1.94. The van der Waals surface area contributed by atoms with Gasteiger partial charge in [-0.05, 0) is 72.8 Å². The molecule has 2 aliphatic heterocycles. The van der Waals surface area contributed by atoms with Gasteiger partial charge in [0.15, 0.2) is 0 Å². The highest BCUT2D eigenvalue weighted by Gasteiger charge is 2.34. The summed E-state index contributed by atoms with van der Waals surface area (Å²) in [6, 6.07) is 8.44. The topological polar surface area (TPSA) is 67.2 Å². The number of nitrogens with zero attached hydrogens (tertiary/aromatic N) is 6. The summed E-state index contributed by atoms with van der Waals surface area (Å²) >= 11 is 0. The summed E-state index contributed by atoms with van der Waals surface area (Å²) in [5.74, 6) is 0.712. The first kappa shape index (κ1) is 18.1. The van der Waals surface area contributed by atoms with Crippen molar-refractivity contribution in [1.82, 2.24) is 30.0 Å². The van der Waals surface area contributed by atoms with E-state index in [0.29, 0.717) is 18.5 Å². The van der Waals surface area contributed by atoms with E-state index in [9.17, 15) is 4.79 Å². The summed E-state index contributed by atoms with van der Waals surface area (Å²) in [4.78, 5) is 17.5. The minimum Gasteiger partial charge on any atom is -0.341 e. The van der Waals surface area contributed by atoms with Crippen molar-refractivity contribution >= 4 is 5.91 Å². The minimum atomic E-state index is 0.108. The maximum atomic E-state index is 12.9. The summed E-state index contributed by atoms with van der Waals surface area (Å²) in [5, 5.41) is 11.2. The molecule has 0 bridgehead atoms. The van der Waals surface area contributed by atoms with Crippen molar-refractivity contribution in [1.29, 1.82) is 0 Å². The van der Waals surface area contributed by atoms with Crippen molar-refractivity contribution < 1.29 is 4.79 Å². The van der Waals surface area contributed by atoms with Crippen LogP contribution < -0.4 is 0 Å². The van der Waals surface area contributed by atoms with Gasteiger partial charge in [0.25, 0.3) is 5.91 Å². The van der Waals surface area contributed by atoms with Gasteiger partial charge >= 0.3 is 0 Å². The number of tetrazole rings is 1. The lowest BCUT2D eigenvalue weighted by atomic mass is 9.83. The van der Waals surface area contributed by atoms with Crippen LogP contribution >= 0.6 is 0 Å². The molecule has 0 spiro atoms. The minimum absolute atomic E-state index is 0.108. The predicted octanol–water partition coefficient (Wildman–Crippen LogP) is 2.06. The quantitative estimate of drug-likeness (QED) is 0.808. The van der Waals surface area contributed by atoms with Crippen molar-refractivity contribution in [3.8, 4) is 0 Å². The lowest BCUT2D eigenvalue weighted by Gasteiger charge is -2.45. The van der Waals surface area contributed by atoms with E-state index in [2.05, 4.69) is 20.4 Å². The normalized spacial score (nSPS) is 23.0. The molecular formula is C20H28N6O. The predicted molar refractivity (Wildman–Crippen MR) is 102 cm³/mol. The molecule has 1 amide bonds. The molecule has 27 heavy (non-hydrogen) atoms. The van der Waals surface area contributed by atoms with Gasteiger partial charge < -0.3 is 9.80 Å². The molecule has 2 unspecified atom stereocenters. The van der Waals surface area contributed by atoms with Crippen molar-refractivity contribution in [2.75, 3.05) is 26.7 Å². The lowest BCUT2D eigenvalue weighted by molar-refractivity contribution is 0.0403. The number of piperidine rings is 2. The van der Waals surface area contributed by atoms with Crippen LogP contribution in [0.1, 0.15) is 48.0 Å². The Morgan fingerprint density at radius 3 is 2.74 bits per heavy atom. The van der Waals surface area contributed by atoms with Crippen LogP contribution in [0, 0.1) is 5.92 Å². The molecular weight excluding hydrogens is 340 g/mol. The fourth-order valence-corrected chi connectivity index (χ4v) is 4.64. The van der Waals surface area contributed by atoms with E-state index in [-0.39, 0.29) is 5.91 Å². The fourth-order valence-electron chi connectivity index (χ4n) is 4.64. The van der Waals surface area contributed by atoms with Gasteiger partial charge in [-0.25, -0.2) is 4.68 Å². The van der Waals surface area contributed by atoms with Crippen molar-refractivity contribution in [3.05, 3.63) is 41.7 Å². The lowest BCUT2D eigenvalue weighted by Crippen LogP contribution is -2.51. The number of carbonyl (C=O) groups is 1. The molecule has 2 aromatic rings. The molecule has 2 fully saturated rings. The van der Waals surface area contributed by atoms with Gasteiger partial charge in [0, 0.05) is 25.2 Å². The second-order valence-electron chi connectivity index (χ2n) is 7.89. The molecule has 7 heteroatoms. The number of hydrogen-bond donors (Lipinski definition) is 0. The Labute approximate surface area is 160 Å². The summed E-state index contributed by atoms with van der Waals surface area (Å²) in [6.07, 6.45) is 8.04. The van der Waals surface area contributed by atoms with Crippen LogP contribution in [0.5, 0.6) is 0 Å². The monoisotopic (exact) mass is 368 g/mol. The third kappa shape index (κ3) is 4.18. The molecule has 1 aromatic heterocycles. The third-order valence-electron chi connectivity index (χ3n) is 6.02. The number of fused-ring (bicyclic) bond motifs is 1. The highest BCUT2D eigenvalue weighted by Crippen LogP contribution is 2.31. The molecule has 1 aromatic carbocycles. The van der Waals surface area contributed by atoms with Crippen LogP contribution in [-0.4, -0.2) is 68.6 Å². The number of carbonyl (C=O) groups excluding carboxylic acids is 1. The molecule has 3 heterocycles. The standard InChI is InChI=1S/C20H28N6O/c1-24(14-18-5-4-12-25-11-3-2-6-19(18)25)20(27)17-9-7-16(8-10-17)13-26-15-21-22-23-26/h7-10,15,18-19H,2-6,11-14H2,1H3. The molecule has 144 valence electrons. The average Bonchev–Trinajstić information content (AvgIpc) is 3.21. The van der Waals surface area contributed by atoms with Gasteiger partial charge in [0.2, 0.25) is 0 Å². The zero-order chi connectivity index (χ0) is 18.6. The molecule has 2 aliphatic rings. The zero-order valence-electron chi connectivity index (χ0n) is 16.0. The Morgan fingerprint density at radius 2 is 1.96 bits per heavy atom. The molecule has 7 nitrogen and oxygen atoms in total. The first-order chi connectivity index (χ1) is 13.2. The van der Waals surface area contributed by atoms with E-state index in [4.69, 9.17) is 0 Å². The van der Waals surface area contributed by atoms with Gasteiger partial charge in [-0.2, -0.15) is 0 Å². The highest BCUT2D eigenvalue weighted by atomic mass is 16.2. The second-order valence-corrected chi connectivity index (χ2v) is 7.89. The number of amides is 1. The Morgan fingerprint density at radius 1 is 1.15 bits per heavy atom. The maximum absolute atomic E-state index is 12.9. The van der Waals surface area contributed by atoms with E-state index in [0.717, 1.165) is 17.7 Å². The summed E-state index contributed by atoms with van der Waals surface area (Å²) in [5.41, 5.74) is 1.82. The Balaban J connectivity index is 1.37. The van der Waals surface area contributed by atoms with E-state index >= 15 is 0 Å². The van der Waals surface area contributed by atoms with Gasteiger partial charge in [-0.15, -0.1) is 5.10 Å². The molecule has 0 radical (unpaired) electrons. The summed E-state index contributed by atoms with van der Waals surface area (Å²) in [6.45, 7) is 3.94. The number of hydrogen-bond acceptors (Lipinski definition) is 5. The van der Waals surface area contributed by atoms with Crippen molar-refractivity contribution in [3.63, 3.8) is 0 Å². The van der Waals surface area contributed by atoms with E-state index in [1.807, 2.05) is 36.2 Å². The van der Waals surface area contributed by atoms with E-state index in [1.54, 1.807) is 11.0 Å². The smallest absolute Gasteiger partial charge is 0.253 e. The Kier molecular flexibility index (Phi) is 5.48. The zero-order valence-corrected chi connectivity index (χ0v) is 16.0. The first-order valence-electron chi connectivity index (χ1n) is 10.00. The molecule has 0 saturated carbocycles. The van der Waals surface area contributed by atoms with Gasteiger partial charge in [-0.3, -0.25) is 4.79 Å². The van der Waals surface area contributed by atoms with Crippen LogP contribution in [0.2, 0.25) is 0 Å². The van der Waals surface area contributed by atoms with Crippen molar-refractivity contribution in [2.45, 2.75) is 44.7 Å². The van der Waals surface area contributed by atoms with Gasteiger partial charge in [0.05, 0.1) is 6.54 Å². The highest BCUT2D eigenvalue weighted by molar-refractivity contribution is 5.94. The molecule has 2 atom stereocenters. The summed E-state index contributed by atoms with van der Waals surface area (Å²) < 4.78 is 1.67. The molecule has 0 aliphatic carbocycles. The Hall–Kier alpha value is -2.28. The molecule has 4 rings (SSSR count). The maximum Gasteiger partial charge on any atom is 0.253 e. The SMILES string of the molecule is CN(CC1CCCN2CCCCC12)C(=O)c1ccc(Cn2cnnn2)cc1. The van der Waals surface area contributed by atoms with E-state index in [1.165, 1.54) is 45.2 Å². The second kappa shape index (κ2) is 8.17. The van der Waals surface area contributed by atoms with Crippen molar-refractivity contribution in [2.24, 2.45) is 5.92 Å². The molecule has 2 saturated heterocycles. The van der Waals surface area contributed by atoms with Crippen LogP contribution in [0.4, 0.5) is 0 Å². The van der Waals surface area contributed by atoms with Crippen LogP contribution in [-0.2, 0) is 6.54 Å². The number of benzene rings is 1. The van der Waals surface area contributed by atoms with Crippen LogP contribution in [0.25, 0.3) is 0 Å². The van der Waals surface area contributed by atoms with E-state index < -0.39 is 0 Å². The van der Waals surface area contributed by atoms with Gasteiger partial charge in [0.1, 0.15) is 6.33 Å². The number of aromatic nitrogens is 4. The largest absolute Gasteiger partial charge is 0.341 e. The molecule has 0 N–H and O–H groups in total. The van der Waals surface area contributed by atoms with Crippen LogP contribution in [0.3, 0.4) is 0 Å². The van der Waals surface area contributed by atoms with Gasteiger partial charge in [-0.1, -0.05) is 18.6 Å².